The van der Waals surface area contributed by atoms with Crippen LogP contribution in [0.5, 0.6) is 0 Å². The Bertz CT molecular complexity index is 546. The monoisotopic (exact) mass is 255 g/mol. The van der Waals surface area contributed by atoms with Crippen LogP contribution in [0.4, 0.5) is 5.95 Å². The summed E-state index contributed by atoms with van der Waals surface area (Å²) in [6.45, 7) is 5.89. The quantitative estimate of drug-likeness (QED) is 0.875. The van der Waals surface area contributed by atoms with Crippen molar-refractivity contribution < 1.29 is 0 Å². The summed E-state index contributed by atoms with van der Waals surface area (Å²) in [7, 11) is 0. The van der Waals surface area contributed by atoms with Gasteiger partial charge in [-0.1, -0.05) is 6.07 Å². The number of anilines is 1. The van der Waals surface area contributed by atoms with Crippen molar-refractivity contribution in [1.82, 2.24) is 20.3 Å². The predicted molar refractivity (Wildman–Crippen MR) is 75.1 cm³/mol. The molecule has 0 amide bonds. The van der Waals surface area contributed by atoms with Crippen LogP contribution in [0.3, 0.4) is 0 Å². The van der Waals surface area contributed by atoms with E-state index in [-0.39, 0.29) is 0 Å². The zero-order chi connectivity index (χ0) is 13.1. The molecule has 1 aliphatic rings. The Morgan fingerprint density at radius 1 is 1.11 bits per heavy atom. The molecule has 98 valence electrons. The van der Waals surface area contributed by atoms with Crippen molar-refractivity contribution in [3.05, 3.63) is 36.3 Å². The summed E-state index contributed by atoms with van der Waals surface area (Å²) in [5.41, 5.74) is 2.89. The molecule has 5 heteroatoms. The van der Waals surface area contributed by atoms with Crippen LogP contribution in [0, 0.1) is 6.92 Å². The summed E-state index contributed by atoms with van der Waals surface area (Å²) in [5, 5.41) is 3.32. The van der Waals surface area contributed by atoms with Gasteiger partial charge in [-0.25, -0.2) is 9.97 Å². The number of hydrogen-bond donors (Lipinski definition) is 1. The van der Waals surface area contributed by atoms with Gasteiger partial charge in [-0.15, -0.1) is 0 Å². The highest BCUT2D eigenvalue weighted by Gasteiger charge is 2.12. The molecule has 0 aliphatic carbocycles. The van der Waals surface area contributed by atoms with Gasteiger partial charge in [0.1, 0.15) is 0 Å². The van der Waals surface area contributed by atoms with Crippen molar-refractivity contribution in [1.29, 1.82) is 0 Å². The first-order chi connectivity index (χ1) is 9.33. The molecule has 0 radical (unpaired) electrons. The van der Waals surface area contributed by atoms with E-state index in [9.17, 15) is 0 Å². The molecule has 1 N–H and O–H groups in total. The van der Waals surface area contributed by atoms with E-state index in [2.05, 4.69) is 25.2 Å². The van der Waals surface area contributed by atoms with Crippen molar-refractivity contribution in [3.63, 3.8) is 0 Å². The molecular formula is C14H17N5. The van der Waals surface area contributed by atoms with E-state index in [0.29, 0.717) is 0 Å². The minimum Gasteiger partial charge on any atom is -0.338 e. The topological polar surface area (TPSA) is 53.9 Å². The lowest BCUT2D eigenvalue weighted by molar-refractivity contribution is 0.580. The van der Waals surface area contributed by atoms with Gasteiger partial charge in [-0.3, -0.25) is 4.98 Å². The van der Waals surface area contributed by atoms with E-state index in [1.54, 1.807) is 0 Å². The molecule has 0 spiro atoms. The number of rotatable bonds is 2. The molecule has 3 heterocycles. The number of piperazine rings is 1. The summed E-state index contributed by atoms with van der Waals surface area (Å²) in [6, 6.07) is 5.97. The second-order valence-corrected chi connectivity index (χ2v) is 4.67. The Hall–Kier alpha value is -2.01. The van der Waals surface area contributed by atoms with Crippen molar-refractivity contribution in [2.45, 2.75) is 6.92 Å². The molecule has 1 fully saturated rings. The average molecular weight is 255 g/mol. The minimum absolute atomic E-state index is 0.804. The Labute approximate surface area is 112 Å². The van der Waals surface area contributed by atoms with Crippen molar-refractivity contribution in [2.75, 3.05) is 31.1 Å². The van der Waals surface area contributed by atoms with E-state index in [1.165, 1.54) is 0 Å². The van der Waals surface area contributed by atoms with Crippen molar-refractivity contribution in [3.8, 4) is 11.3 Å². The summed E-state index contributed by atoms with van der Waals surface area (Å²) >= 11 is 0. The van der Waals surface area contributed by atoms with E-state index >= 15 is 0 Å². The highest BCUT2D eigenvalue weighted by Crippen LogP contribution is 2.17. The van der Waals surface area contributed by atoms with E-state index < -0.39 is 0 Å². The largest absolute Gasteiger partial charge is 0.338 e. The van der Waals surface area contributed by atoms with Crippen LogP contribution in [0.25, 0.3) is 11.3 Å². The number of nitrogens with zero attached hydrogens (tertiary/aromatic N) is 4. The normalized spacial score (nSPS) is 15.5. The Morgan fingerprint density at radius 3 is 2.53 bits per heavy atom. The van der Waals surface area contributed by atoms with Gasteiger partial charge < -0.3 is 10.2 Å². The third kappa shape index (κ3) is 2.71. The molecule has 0 unspecified atom stereocenters. The number of nitrogens with one attached hydrogen (secondary N) is 1. The van der Waals surface area contributed by atoms with Gasteiger partial charge in [0.05, 0.1) is 5.69 Å². The molecule has 2 aromatic rings. The zero-order valence-electron chi connectivity index (χ0n) is 11.0. The molecule has 5 nitrogen and oxygen atoms in total. The molecule has 19 heavy (non-hydrogen) atoms. The summed E-state index contributed by atoms with van der Waals surface area (Å²) in [6.07, 6.45) is 3.71. The number of aromatic nitrogens is 3. The first-order valence-corrected chi connectivity index (χ1v) is 6.55. The maximum absolute atomic E-state index is 4.48. The standard InChI is InChI=1S/C14H17N5/c1-11-3-2-4-13(18-11)12-9-16-14(17-10-12)19-7-5-15-6-8-19/h2-4,9-10,15H,5-8H2,1H3. The van der Waals surface area contributed by atoms with Crippen LogP contribution in [-0.2, 0) is 0 Å². The van der Waals surface area contributed by atoms with Crippen LogP contribution in [0.2, 0.25) is 0 Å². The average Bonchev–Trinajstić information content (AvgIpc) is 2.48. The van der Waals surface area contributed by atoms with E-state index in [0.717, 1.165) is 49.1 Å². The van der Waals surface area contributed by atoms with Crippen molar-refractivity contribution >= 4 is 5.95 Å². The molecule has 0 atom stereocenters. The lowest BCUT2D eigenvalue weighted by Gasteiger charge is -2.27. The molecule has 2 aromatic heterocycles. The Balaban J connectivity index is 1.82. The maximum Gasteiger partial charge on any atom is 0.225 e. The smallest absolute Gasteiger partial charge is 0.225 e. The lowest BCUT2D eigenvalue weighted by Crippen LogP contribution is -2.44. The number of pyridine rings is 1. The fourth-order valence-electron chi connectivity index (χ4n) is 2.19. The SMILES string of the molecule is Cc1cccc(-c2cnc(N3CCNCC3)nc2)n1. The van der Waals surface area contributed by atoms with Gasteiger partial charge in [-0.2, -0.15) is 0 Å². The summed E-state index contributed by atoms with van der Waals surface area (Å²) in [5.74, 6) is 0.804. The van der Waals surface area contributed by atoms with Crippen LogP contribution in [-0.4, -0.2) is 41.1 Å². The van der Waals surface area contributed by atoms with Gasteiger partial charge >= 0.3 is 0 Å². The van der Waals surface area contributed by atoms with Gasteiger partial charge in [-0.05, 0) is 19.1 Å². The van der Waals surface area contributed by atoms with Gasteiger partial charge in [0.2, 0.25) is 5.95 Å². The fraction of sp³-hybridized carbons (Fsp3) is 0.357. The van der Waals surface area contributed by atoms with Crippen LogP contribution in [0.1, 0.15) is 5.69 Å². The Kier molecular flexibility index (Phi) is 3.37. The molecule has 0 bridgehead atoms. The van der Waals surface area contributed by atoms with Crippen LogP contribution >= 0.6 is 0 Å². The van der Waals surface area contributed by atoms with Crippen LogP contribution < -0.4 is 10.2 Å². The van der Waals surface area contributed by atoms with Crippen molar-refractivity contribution in [2.24, 2.45) is 0 Å². The summed E-state index contributed by atoms with van der Waals surface area (Å²) < 4.78 is 0. The van der Waals surface area contributed by atoms with Crippen LogP contribution in [0.15, 0.2) is 30.6 Å². The molecule has 1 aliphatic heterocycles. The predicted octanol–water partition coefficient (Wildman–Crippen LogP) is 1.26. The van der Waals surface area contributed by atoms with Gasteiger partial charge in [0.15, 0.2) is 0 Å². The highest BCUT2D eigenvalue weighted by molar-refractivity contribution is 5.57. The zero-order valence-corrected chi connectivity index (χ0v) is 11.0. The molecule has 3 rings (SSSR count). The summed E-state index contributed by atoms with van der Waals surface area (Å²) in [4.78, 5) is 15.6. The third-order valence-electron chi connectivity index (χ3n) is 3.22. The van der Waals surface area contributed by atoms with E-state index in [1.807, 2.05) is 37.5 Å². The third-order valence-corrected chi connectivity index (χ3v) is 3.22. The van der Waals surface area contributed by atoms with E-state index in [4.69, 9.17) is 0 Å². The van der Waals surface area contributed by atoms with Gasteiger partial charge in [0, 0.05) is 49.8 Å². The molecule has 0 aromatic carbocycles. The molecular weight excluding hydrogens is 238 g/mol. The molecule has 1 saturated heterocycles. The van der Waals surface area contributed by atoms with Gasteiger partial charge in [0.25, 0.3) is 0 Å². The Morgan fingerprint density at radius 2 is 1.84 bits per heavy atom. The number of hydrogen-bond acceptors (Lipinski definition) is 5. The second kappa shape index (κ2) is 5.32. The first kappa shape index (κ1) is 12.0. The maximum atomic E-state index is 4.48. The number of aryl methyl sites for hydroxylation is 1. The minimum atomic E-state index is 0.804. The second-order valence-electron chi connectivity index (χ2n) is 4.67. The lowest BCUT2D eigenvalue weighted by atomic mass is 10.2. The highest BCUT2D eigenvalue weighted by atomic mass is 15.3. The first-order valence-electron chi connectivity index (χ1n) is 6.55. The molecule has 0 saturated carbocycles. The fourth-order valence-corrected chi connectivity index (χ4v) is 2.19.